The molecule has 106 valence electrons. The number of unbranched alkanes of at least 4 members (excludes halogenated alkanes) is 3. The summed E-state index contributed by atoms with van der Waals surface area (Å²) in [5.74, 6) is 0.962. The number of aryl methyl sites for hydroxylation is 1. The third-order valence-electron chi connectivity index (χ3n) is 4.59. The molecule has 0 N–H and O–H groups in total. The summed E-state index contributed by atoms with van der Waals surface area (Å²) in [6.07, 6.45) is 15.3. The maximum atomic E-state index is 2.38. The third-order valence-corrected chi connectivity index (χ3v) is 4.59. The Kier molecular flexibility index (Phi) is 6.47. The van der Waals surface area contributed by atoms with Crippen LogP contribution in [0.2, 0.25) is 0 Å². The molecule has 0 aromatic heterocycles. The first-order valence-corrected chi connectivity index (χ1v) is 8.46. The zero-order chi connectivity index (χ0) is 13.3. The molecule has 0 aliphatic heterocycles. The Morgan fingerprint density at radius 2 is 1.53 bits per heavy atom. The zero-order valence-electron chi connectivity index (χ0n) is 12.7. The molecule has 0 saturated heterocycles. The van der Waals surface area contributed by atoms with Gasteiger partial charge in [-0.05, 0) is 36.3 Å². The topological polar surface area (TPSA) is 0 Å². The molecular weight excluding hydrogens is 228 g/mol. The van der Waals surface area contributed by atoms with Gasteiger partial charge in [0.2, 0.25) is 0 Å². The van der Waals surface area contributed by atoms with Crippen LogP contribution < -0.4 is 0 Å². The summed E-state index contributed by atoms with van der Waals surface area (Å²) < 4.78 is 0. The van der Waals surface area contributed by atoms with Crippen molar-refractivity contribution in [1.82, 2.24) is 0 Å². The zero-order valence-corrected chi connectivity index (χ0v) is 12.7. The molecule has 2 rings (SSSR count). The van der Waals surface area contributed by atoms with Gasteiger partial charge in [-0.1, -0.05) is 82.6 Å². The molecule has 0 heteroatoms. The second-order valence-corrected chi connectivity index (χ2v) is 6.34. The highest BCUT2D eigenvalue weighted by Crippen LogP contribution is 2.26. The van der Waals surface area contributed by atoms with Crippen molar-refractivity contribution < 1.29 is 0 Å². The molecule has 0 atom stereocenters. The van der Waals surface area contributed by atoms with E-state index in [1.54, 1.807) is 5.56 Å². The summed E-state index contributed by atoms with van der Waals surface area (Å²) >= 11 is 0. The molecule has 1 saturated carbocycles. The van der Waals surface area contributed by atoms with Gasteiger partial charge < -0.3 is 0 Å². The van der Waals surface area contributed by atoms with E-state index in [4.69, 9.17) is 0 Å². The lowest BCUT2D eigenvalue weighted by Gasteiger charge is -2.21. The molecule has 1 aliphatic carbocycles. The average Bonchev–Trinajstić information content (AvgIpc) is 2.46. The minimum atomic E-state index is 0.962. The van der Waals surface area contributed by atoms with Crippen molar-refractivity contribution in [2.45, 2.75) is 77.6 Å². The maximum absolute atomic E-state index is 2.38. The molecule has 0 nitrogen and oxygen atoms in total. The van der Waals surface area contributed by atoms with Gasteiger partial charge >= 0.3 is 0 Å². The van der Waals surface area contributed by atoms with Gasteiger partial charge in [0.15, 0.2) is 0 Å². The second kappa shape index (κ2) is 8.40. The largest absolute Gasteiger partial charge is 0.0654 e. The lowest BCUT2D eigenvalue weighted by molar-refractivity contribution is 0.356. The smallest absolute Gasteiger partial charge is 0.0250 e. The van der Waals surface area contributed by atoms with Crippen LogP contribution in [0.4, 0.5) is 0 Å². The second-order valence-electron chi connectivity index (χ2n) is 6.34. The van der Waals surface area contributed by atoms with Crippen LogP contribution in [0.15, 0.2) is 24.3 Å². The molecule has 1 aromatic carbocycles. The van der Waals surface area contributed by atoms with Gasteiger partial charge in [0.25, 0.3) is 0 Å². The van der Waals surface area contributed by atoms with E-state index in [9.17, 15) is 0 Å². The van der Waals surface area contributed by atoms with Crippen LogP contribution >= 0.6 is 0 Å². The van der Waals surface area contributed by atoms with E-state index >= 15 is 0 Å². The molecule has 0 radical (unpaired) electrons. The first-order valence-electron chi connectivity index (χ1n) is 8.46. The lowest BCUT2D eigenvalue weighted by Crippen LogP contribution is -2.09. The van der Waals surface area contributed by atoms with Crippen LogP contribution in [-0.2, 0) is 12.8 Å². The number of hydrogen-bond acceptors (Lipinski definition) is 0. The number of rotatable bonds is 7. The molecule has 1 aliphatic rings. The van der Waals surface area contributed by atoms with Gasteiger partial charge in [-0.3, -0.25) is 0 Å². The average molecular weight is 258 g/mol. The summed E-state index contributed by atoms with van der Waals surface area (Å²) in [7, 11) is 0. The molecule has 19 heavy (non-hydrogen) atoms. The van der Waals surface area contributed by atoms with Crippen LogP contribution in [0.5, 0.6) is 0 Å². The first kappa shape index (κ1) is 14.6. The van der Waals surface area contributed by atoms with Crippen LogP contribution in [0.3, 0.4) is 0 Å². The molecular formula is C19H30. The van der Waals surface area contributed by atoms with Crippen LogP contribution in [0, 0.1) is 5.92 Å². The van der Waals surface area contributed by atoms with Gasteiger partial charge in [0.05, 0.1) is 0 Å². The standard InChI is InChI=1S/C19H30/c1-2-3-4-6-9-17-12-14-19(15-13-17)16-18-10-7-5-8-11-18/h12-15,18H,2-11,16H2,1H3. The monoisotopic (exact) mass is 258 g/mol. The molecule has 1 aromatic rings. The fourth-order valence-corrected chi connectivity index (χ4v) is 3.32. The molecule has 0 unspecified atom stereocenters. The Balaban J connectivity index is 1.74. The first-order chi connectivity index (χ1) is 9.38. The fourth-order valence-electron chi connectivity index (χ4n) is 3.32. The van der Waals surface area contributed by atoms with Crippen LogP contribution in [0.1, 0.15) is 75.8 Å². The van der Waals surface area contributed by atoms with E-state index in [1.807, 2.05) is 0 Å². The summed E-state index contributed by atoms with van der Waals surface area (Å²) in [6, 6.07) is 9.49. The third kappa shape index (κ3) is 5.38. The maximum Gasteiger partial charge on any atom is -0.0250 e. The van der Waals surface area contributed by atoms with Crippen LogP contribution in [-0.4, -0.2) is 0 Å². The van der Waals surface area contributed by atoms with E-state index in [0.29, 0.717) is 0 Å². The molecule has 0 heterocycles. The summed E-state index contributed by atoms with van der Waals surface area (Å²) in [5, 5.41) is 0. The van der Waals surface area contributed by atoms with E-state index < -0.39 is 0 Å². The normalized spacial score (nSPS) is 16.7. The van der Waals surface area contributed by atoms with Crippen molar-refractivity contribution in [3.63, 3.8) is 0 Å². The fraction of sp³-hybridized carbons (Fsp3) is 0.684. The van der Waals surface area contributed by atoms with Crippen molar-refractivity contribution in [2.75, 3.05) is 0 Å². The van der Waals surface area contributed by atoms with E-state index in [2.05, 4.69) is 31.2 Å². The Bertz CT molecular complexity index is 330. The predicted molar refractivity (Wildman–Crippen MR) is 84.6 cm³/mol. The highest BCUT2D eigenvalue weighted by molar-refractivity contribution is 5.23. The van der Waals surface area contributed by atoms with Gasteiger partial charge in [0.1, 0.15) is 0 Å². The highest BCUT2D eigenvalue weighted by atomic mass is 14.2. The molecule has 0 amide bonds. The summed E-state index contributed by atoms with van der Waals surface area (Å²) in [4.78, 5) is 0. The van der Waals surface area contributed by atoms with Crippen molar-refractivity contribution >= 4 is 0 Å². The Morgan fingerprint density at radius 1 is 0.842 bits per heavy atom. The Hall–Kier alpha value is -0.780. The highest BCUT2D eigenvalue weighted by Gasteiger charge is 2.13. The molecule has 0 spiro atoms. The van der Waals surface area contributed by atoms with E-state index in [1.165, 1.54) is 76.2 Å². The number of benzene rings is 1. The Labute approximate surface area is 119 Å². The predicted octanol–water partition coefficient (Wildman–Crippen LogP) is 5.93. The molecule has 1 fully saturated rings. The van der Waals surface area contributed by atoms with Crippen molar-refractivity contribution in [3.05, 3.63) is 35.4 Å². The minimum Gasteiger partial charge on any atom is -0.0654 e. The van der Waals surface area contributed by atoms with Crippen molar-refractivity contribution in [2.24, 2.45) is 5.92 Å². The number of hydrogen-bond donors (Lipinski definition) is 0. The Morgan fingerprint density at radius 3 is 2.21 bits per heavy atom. The van der Waals surface area contributed by atoms with Gasteiger partial charge in [0, 0.05) is 0 Å². The van der Waals surface area contributed by atoms with Crippen LogP contribution in [0.25, 0.3) is 0 Å². The molecule has 0 bridgehead atoms. The summed E-state index contributed by atoms with van der Waals surface area (Å²) in [5.41, 5.74) is 3.09. The van der Waals surface area contributed by atoms with E-state index in [0.717, 1.165) is 5.92 Å². The minimum absolute atomic E-state index is 0.962. The van der Waals surface area contributed by atoms with Gasteiger partial charge in [-0.25, -0.2) is 0 Å². The van der Waals surface area contributed by atoms with Gasteiger partial charge in [-0.15, -0.1) is 0 Å². The van der Waals surface area contributed by atoms with Gasteiger partial charge in [-0.2, -0.15) is 0 Å². The van der Waals surface area contributed by atoms with Crippen molar-refractivity contribution in [3.8, 4) is 0 Å². The van der Waals surface area contributed by atoms with E-state index in [-0.39, 0.29) is 0 Å². The van der Waals surface area contributed by atoms with Crippen molar-refractivity contribution in [1.29, 1.82) is 0 Å². The quantitative estimate of drug-likeness (QED) is 0.531. The lowest BCUT2D eigenvalue weighted by atomic mass is 9.85. The SMILES string of the molecule is CCCCCCc1ccc(CC2CCCCC2)cc1. The summed E-state index contributed by atoms with van der Waals surface area (Å²) in [6.45, 7) is 2.28.